The standard InChI is InChI=1S/C44H47ClN6O5Si/c1-29-42(57(3,4)36-17-15-35(55-2)16-18-36)40(22-24-49-28-33(23-25-52)46-48-49)56-44(29)37-26-32(45)12-20-39(37)50(43(44)54)27-30-10-13-34(14-11-30)51-41(53)21-19-38(47-51)31-8-6-5-7-9-31/h5-18,20,26,28-29,40,42,52H,19,21-25,27H2,1-4H3/t29-,40+,42-,44+/m1/s1. The minimum absolute atomic E-state index is 0.00117. The molecule has 5 aromatic rings. The summed E-state index contributed by atoms with van der Waals surface area (Å²) in [7, 11) is -0.702. The van der Waals surface area contributed by atoms with E-state index < -0.39 is 13.7 Å². The third kappa shape index (κ3) is 7.09. The molecule has 1 saturated heterocycles. The van der Waals surface area contributed by atoms with Crippen molar-refractivity contribution in [3.8, 4) is 5.75 Å². The number of aliphatic hydroxyl groups excluding tert-OH is 1. The first-order chi connectivity index (χ1) is 27.5. The fourth-order valence-electron chi connectivity index (χ4n) is 9.17. The lowest BCUT2D eigenvalue weighted by atomic mass is 9.82. The number of hydrogen-bond acceptors (Lipinski definition) is 8. The molecular weight excluding hydrogens is 756 g/mol. The number of hydrogen-bond donors (Lipinski definition) is 1. The van der Waals surface area contributed by atoms with E-state index in [-0.39, 0.29) is 36.0 Å². The number of hydrazone groups is 1. The number of carbonyl (C=O) groups excluding carboxylic acids is 2. The number of aromatic nitrogens is 3. The van der Waals surface area contributed by atoms with Crippen LogP contribution in [0.25, 0.3) is 0 Å². The van der Waals surface area contributed by atoms with E-state index in [2.05, 4.69) is 42.5 Å². The molecule has 8 rings (SSSR count). The minimum Gasteiger partial charge on any atom is -0.497 e. The Kier molecular flexibility index (Phi) is 10.6. The van der Waals surface area contributed by atoms with E-state index in [4.69, 9.17) is 26.2 Å². The SMILES string of the molecule is COc1ccc([Si](C)(C)[C@H]2[C@H](CCn3cc(CCO)nn3)O[C@@]3(C(=O)N(Cc4ccc(N5N=C(c6ccccc6)CCC5=O)cc4)c4ccc(Cl)cc43)[C@@H]2C)cc1. The number of methoxy groups -OCH3 is 1. The van der Waals surface area contributed by atoms with Gasteiger partial charge in [-0.15, -0.1) is 5.10 Å². The Hall–Kier alpha value is -5.14. The molecule has 11 nitrogen and oxygen atoms in total. The van der Waals surface area contributed by atoms with Gasteiger partial charge in [0.25, 0.3) is 5.91 Å². The van der Waals surface area contributed by atoms with Crippen molar-refractivity contribution in [1.29, 1.82) is 0 Å². The van der Waals surface area contributed by atoms with E-state index in [0.29, 0.717) is 49.5 Å². The van der Waals surface area contributed by atoms with Crippen LogP contribution in [0.4, 0.5) is 11.4 Å². The van der Waals surface area contributed by atoms with Gasteiger partial charge >= 0.3 is 0 Å². The monoisotopic (exact) mass is 802 g/mol. The van der Waals surface area contributed by atoms with Crippen LogP contribution in [0.2, 0.25) is 23.7 Å². The second-order valence-electron chi connectivity index (χ2n) is 15.7. The van der Waals surface area contributed by atoms with E-state index >= 15 is 4.79 Å². The number of rotatable bonds is 12. The highest BCUT2D eigenvalue weighted by molar-refractivity contribution is 6.91. The van der Waals surface area contributed by atoms with Crippen LogP contribution < -0.4 is 19.8 Å². The number of aryl methyl sites for hydroxylation is 1. The highest BCUT2D eigenvalue weighted by atomic mass is 35.5. The van der Waals surface area contributed by atoms with Gasteiger partial charge in [0, 0.05) is 55.1 Å². The van der Waals surface area contributed by atoms with Gasteiger partial charge in [-0.25, -0.2) is 5.01 Å². The summed E-state index contributed by atoms with van der Waals surface area (Å²) >= 11 is 6.73. The van der Waals surface area contributed by atoms with Crippen molar-refractivity contribution in [2.24, 2.45) is 11.0 Å². The number of halogens is 1. The highest BCUT2D eigenvalue weighted by Gasteiger charge is 2.66. The van der Waals surface area contributed by atoms with Crippen molar-refractivity contribution in [1.82, 2.24) is 15.0 Å². The highest BCUT2D eigenvalue weighted by Crippen LogP contribution is 2.60. The largest absolute Gasteiger partial charge is 0.497 e. The molecule has 294 valence electrons. The second-order valence-corrected chi connectivity index (χ2v) is 20.9. The molecule has 1 fully saturated rings. The van der Waals surface area contributed by atoms with Gasteiger partial charge in [-0.3, -0.25) is 14.3 Å². The van der Waals surface area contributed by atoms with Crippen LogP contribution in [0.3, 0.4) is 0 Å². The van der Waals surface area contributed by atoms with Gasteiger partial charge in [0.05, 0.1) is 50.6 Å². The normalized spacial score (nSPS) is 22.0. The third-order valence-corrected chi connectivity index (χ3v) is 16.7. The maximum atomic E-state index is 15.3. The summed E-state index contributed by atoms with van der Waals surface area (Å²) in [6.45, 7) is 7.73. The first-order valence-corrected chi connectivity index (χ1v) is 23.0. The van der Waals surface area contributed by atoms with E-state index in [1.807, 2.05) is 96.0 Å². The Bertz CT molecular complexity index is 2300. The molecule has 1 N–H and O–H groups in total. The Balaban J connectivity index is 1.11. The molecule has 0 saturated carbocycles. The van der Waals surface area contributed by atoms with Crippen LogP contribution in [-0.2, 0) is 39.4 Å². The zero-order chi connectivity index (χ0) is 39.9. The van der Waals surface area contributed by atoms with Gasteiger partial charge in [0.2, 0.25) is 5.91 Å². The average Bonchev–Trinajstić information content (AvgIpc) is 3.87. The number of benzene rings is 4. The molecule has 3 aliphatic rings. The summed E-state index contributed by atoms with van der Waals surface area (Å²) < 4.78 is 14.6. The molecule has 2 amide bonds. The topological polar surface area (TPSA) is 122 Å². The second kappa shape index (κ2) is 15.7. The first-order valence-electron chi connectivity index (χ1n) is 19.5. The zero-order valence-corrected chi connectivity index (χ0v) is 34.4. The summed E-state index contributed by atoms with van der Waals surface area (Å²) in [6, 6.07) is 31.6. The molecule has 4 aromatic carbocycles. The van der Waals surface area contributed by atoms with Crippen molar-refractivity contribution in [2.45, 2.75) is 76.0 Å². The van der Waals surface area contributed by atoms with Crippen molar-refractivity contribution >= 4 is 53.8 Å². The maximum Gasteiger partial charge on any atom is 0.264 e. The van der Waals surface area contributed by atoms with Crippen LogP contribution in [0.1, 0.15) is 48.6 Å². The number of fused-ring (bicyclic) bond motifs is 2. The van der Waals surface area contributed by atoms with Crippen LogP contribution in [-0.4, -0.2) is 65.5 Å². The molecule has 57 heavy (non-hydrogen) atoms. The number of nitrogens with zero attached hydrogens (tertiary/aromatic N) is 6. The van der Waals surface area contributed by atoms with E-state index in [0.717, 1.165) is 39.5 Å². The number of ether oxygens (including phenoxy) is 2. The van der Waals surface area contributed by atoms with Crippen LogP contribution in [0, 0.1) is 5.92 Å². The average molecular weight is 803 g/mol. The van der Waals surface area contributed by atoms with Gasteiger partial charge < -0.3 is 19.5 Å². The molecule has 1 aromatic heterocycles. The number of amides is 2. The Morgan fingerprint density at radius 3 is 2.46 bits per heavy atom. The minimum atomic E-state index is -2.37. The lowest BCUT2D eigenvalue weighted by molar-refractivity contribution is -0.146. The van der Waals surface area contributed by atoms with Crippen molar-refractivity contribution in [3.05, 3.63) is 131 Å². The summed E-state index contributed by atoms with van der Waals surface area (Å²) in [5.41, 5.74) is 4.50. The van der Waals surface area contributed by atoms with Crippen LogP contribution in [0.15, 0.2) is 108 Å². The van der Waals surface area contributed by atoms with E-state index in [1.54, 1.807) is 11.8 Å². The van der Waals surface area contributed by atoms with Crippen LogP contribution >= 0.6 is 11.6 Å². The number of anilines is 2. The number of carbonyl (C=O) groups is 2. The molecule has 0 bridgehead atoms. The van der Waals surface area contributed by atoms with Crippen molar-refractivity contribution in [2.75, 3.05) is 23.6 Å². The summed E-state index contributed by atoms with van der Waals surface area (Å²) in [4.78, 5) is 30.1. The van der Waals surface area contributed by atoms with Gasteiger partial charge in [0.1, 0.15) is 5.75 Å². The maximum absolute atomic E-state index is 15.3. The van der Waals surface area contributed by atoms with Gasteiger partial charge in [-0.05, 0) is 65.6 Å². The molecule has 4 heterocycles. The molecule has 1 spiro atoms. The van der Waals surface area contributed by atoms with E-state index in [1.165, 1.54) is 10.2 Å². The Morgan fingerprint density at radius 2 is 1.74 bits per heavy atom. The molecule has 0 radical (unpaired) electrons. The molecule has 0 unspecified atom stereocenters. The quantitative estimate of drug-likeness (QED) is 0.137. The van der Waals surface area contributed by atoms with Gasteiger partial charge in [0.15, 0.2) is 5.60 Å². The Labute approximate surface area is 338 Å². The predicted molar refractivity (Wildman–Crippen MR) is 224 cm³/mol. The number of aliphatic hydroxyl groups is 1. The first kappa shape index (κ1) is 38.7. The summed E-state index contributed by atoms with van der Waals surface area (Å²) in [5, 5.41) is 26.0. The predicted octanol–water partition coefficient (Wildman–Crippen LogP) is 6.86. The van der Waals surface area contributed by atoms with Gasteiger partial charge in [-0.2, -0.15) is 5.10 Å². The zero-order valence-electron chi connectivity index (χ0n) is 32.6. The summed E-state index contributed by atoms with van der Waals surface area (Å²) in [5.74, 6) is 0.419. The molecule has 3 aliphatic heterocycles. The summed E-state index contributed by atoms with van der Waals surface area (Å²) in [6.07, 6.45) is 3.59. The van der Waals surface area contributed by atoms with Crippen LogP contribution in [0.5, 0.6) is 5.75 Å². The molecular formula is C44H47ClN6O5Si. The lowest BCUT2D eigenvalue weighted by Crippen LogP contribution is -2.51. The molecule has 13 heteroatoms. The fourth-order valence-corrected chi connectivity index (χ4v) is 13.4. The third-order valence-electron chi connectivity index (χ3n) is 12.1. The van der Waals surface area contributed by atoms with Gasteiger partial charge in [-0.1, -0.05) is 96.6 Å². The van der Waals surface area contributed by atoms with Crippen molar-refractivity contribution in [3.63, 3.8) is 0 Å². The lowest BCUT2D eigenvalue weighted by Gasteiger charge is -2.37. The Morgan fingerprint density at radius 1 is 0.982 bits per heavy atom. The molecule has 0 aliphatic carbocycles. The smallest absolute Gasteiger partial charge is 0.264 e. The fraction of sp³-hybridized carbons (Fsp3) is 0.341. The van der Waals surface area contributed by atoms with E-state index in [9.17, 15) is 9.90 Å². The van der Waals surface area contributed by atoms with Crippen molar-refractivity contribution < 1.29 is 24.2 Å². The molecule has 4 atom stereocenters.